The van der Waals surface area contributed by atoms with E-state index < -0.39 is 0 Å². The van der Waals surface area contributed by atoms with Crippen molar-refractivity contribution in [2.24, 2.45) is 11.7 Å². The molecule has 0 aliphatic heterocycles. The minimum atomic E-state index is -0.344. The average molecular weight is 198 g/mol. The average Bonchev–Trinajstić information content (AvgIpc) is 2.89. The number of aliphatic hydroxyl groups excluding tert-OH is 1. The Morgan fingerprint density at radius 1 is 1.69 bits per heavy atom. The van der Waals surface area contributed by atoms with Crippen molar-refractivity contribution >= 4 is 11.3 Å². The fraction of sp³-hybridized carbons (Fsp3) is 0.667. The summed E-state index contributed by atoms with van der Waals surface area (Å²) in [5, 5.41) is 10.6. The van der Waals surface area contributed by atoms with Gasteiger partial charge in [-0.05, 0) is 25.7 Å². The van der Waals surface area contributed by atoms with Gasteiger partial charge in [-0.15, -0.1) is 11.3 Å². The van der Waals surface area contributed by atoms with Gasteiger partial charge in [-0.25, -0.2) is 4.98 Å². The molecule has 72 valence electrons. The van der Waals surface area contributed by atoms with Crippen molar-refractivity contribution in [1.29, 1.82) is 0 Å². The third-order valence-electron chi connectivity index (χ3n) is 2.42. The highest BCUT2D eigenvalue weighted by molar-refractivity contribution is 7.11. The molecule has 13 heavy (non-hydrogen) atoms. The van der Waals surface area contributed by atoms with Gasteiger partial charge in [0.15, 0.2) is 0 Å². The largest absolute Gasteiger partial charge is 0.386 e. The lowest BCUT2D eigenvalue weighted by atomic mass is 10.2. The van der Waals surface area contributed by atoms with Gasteiger partial charge in [-0.1, -0.05) is 0 Å². The number of nitrogens with two attached hydrogens (primary N) is 1. The van der Waals surface area contributed by atoms with Gasteiger partial charge in [0.05, 0.1) is 5.69 Å². The van der Waals surface area contributed by atoms with Crippen LogP contribution in [0.4, 0.5) is 0 Å². The van der Waals surface area contributed by atoms with Crippen LogP contribution in [0.2, 0.25) is 0 Å². The second-order valence-corrected chi connectivity index (χ2v) is 4.66. The molecular weight excluding hydrogens is 184 g/mol. The van der Waals surface area contributed by atoms with Gasteiger partial charge in [-0.2, -0.15) is 0 Å². The molecule has 0 amide bonds. The highest BCUT2D eigenvalue weighted by Gasteiger charge is 2.32. The van der Waals surface area contributed by atoms with Gasteiger partial charge < -0.3 is 10.8 Å². The molecule has 1 aromatic heterocycles. The highest BCUT2D eigenvalue weighted by Crippen LogP contribution is 2.42. The first-order valence-electron chi connectivity index (χ1n) is 4.56. The third kappa shape index (κ3) is 1.75. The molecule has 4 heteroatoms. The molecular formula is C9H14N2OS. The number of hydrogen-bond donors (Lipinski definition) is 2. The van der Waals surface area contributed by atoms with Crippen molar-refractivity contribution in [3.63, 3.8) is 0 Å². The summed E-state index contributed by atoms with van der Waals surface area (Å²) in [4.78, 5) is 5.42. The van der Waals surface area contributed by atoms with E-state index in [-0.39, 0.29) is 6.10 Å². The minimum absolute atomic E-state index is 0.344. The Balaban J connectivity index is 2.19. The molecule has 1 saturated carbocycles. The monoisotopic (exact) mass is 198 g/mol. The maximum atomic E-state index is 9.80. The fourth-order valence-corrected chi connectivity index (χ4v) is 2.40. The van der Waals surface area contributed by atoms with E-state index in [1.807, 2.05) is 6.92 Å². The number of aromatic nitrogens is 1. The van der Waals surface area contributed by atoms with Gasteiger partial charge in [0, 0.05) is 11.4 Å². The third-order valence-corrected chi connectivity index (χ3v) is 3.67. The molecule has 3 N–H and O–H groups in total. The Morgan fingerprint density at radius 3 is 2.85 bits per heavy atom. The smallest absolute Gasteiger partial charge is 0.122 e. The van der Waals surface area contributed by atoms with E-state index in [4.69, 9.17) is 5.73 Å². The lowest BCUT2D eigenvalue weighted by Gasteiger charge is -2.02. The predicted molar refractivity (Wildman–Crippen MR) is 52.4 cm³/mol. The lowest BCUT2D eigenvalue weighted by Crippen LogP contribution is -1.98. The van der Waals surface area contributed by atoms with Gasteiger partial charge in [0.1, 0.15) is 11.1 Å². The van der Waals surface area contributed by atoms with E-state index in [1.165, 1.54) is 0 Å². The quantitative estimate of drug-likeness (QED) is 0.771. The summed E-state index contributed by atoms with van der Waals surface area (Å²) >= 11 is 1.55. The molecule has 3 nitrogen and oxygen atoms in total. The molecule has 1 heterocycles. The van der Waals surface area contributed by atoms with Crippen LogP contribution < -0.4 is 5.73 Å². The standard InChI is InChI=1S/C9H14N2OS/c1-5-7(4-10)13-9(11-5)8(12)6-2-3-6/h6,8,12H,2-4,10H2,1H3. The normalized spacial score (nSPS) is 19.0. The molecule has 2 rings (SSSR count). The van der Waals surface area contributed by atoms with E-state index in [9.17, 15) is 5.11 Å². The number of hydrogen-bond acceptors (Lipinski definition) is 4. The summed E-state index contributed by atoms with van der Waals surface area (Å²) in [5.74, 6) is 0.455. The van der Waals surface area contributed by atoms with Crippen molar-refractivity contribution in [2.45, 2.75) is 32.4 Å². The van der Waals surface area contributed by atoms with Crippen LogP contribution in [0, 0.1) is 12.8 Å². The van der Waals surface area contributed by atoms with Crippen LogP contribution >= 0.6 is 11.3 Å². The van der Waals surface area contributed by atoms with Crippen LogP contribution in [0.1, 0.15) is 34.5 Å². The van der Waals surface area contributed by atoms with Crippen molar-refractivity contribution < 1.29 is 5.11 Å². The predicted octanol–water partition coefficient (Wildman–Crippen LogP) is 1.35. The molecule has 1 atom stereocenters. The summed E-state index contributed by atoms with van der Waals surface area (Å²) in [6, 6.07) is 0. The second kappa shape index (κ2) is 3.36. The summed E-state index contributed by atoms with van der Waals surface area (Å²) in [5.41, 5.74) is 6.52. The Bertz CT molecular complexity index is 307. The van der Waals surface area contributed by atoms with Crippen LogP contribution in [0.5, 0.6) is 0 Å². The van der Waals surface area contributed by atoms with Gasteiger partial charge in [0.25, 0.3) is 0 Å². The van der Waals surface area contributed by atoms with E-state index in [1.54, 1.807) is 11.3 Å². The molecule has 1 aliphatic carbocycles. The molecule has 1 fully saturated rings. The zero-order chi connectivity index (χ0) is 9.42. The van der Waals surface area contributed by atoms with Crippen LogP contribution in [0.3, 0.4) is 0 Å². The number of aryl methyl sites for hydroxylation is 1. The summed E-state index contributed by atoms with van der Waals surface area (Å²) in [6.45, 7) is 2.47. The molecule has 0 bridgehead atoms. The first-order valence-corrected chi connectivity index (χ1v) is 5.38. The molecule has 0 spiro atoms. The second-order valence-electron chi connectivity index (χ2n) is 3.55. The number of nitrogens with zero attached hydrogens (tertiary/aromatic N) is 1. The van der Waals surface area contributed by atoms with Crippen molar-refractivity contribution in [2.75, 3.05) is 0 Å². The molecule has 1 aromatic rings. The van der Waals surface area contributed by atoms with Crippen LogP contribution in [-0.2, 0) is 6.54 Å². The van der Waals surface area contributed by atoms with Crippen LogP contribution in [0.15, 0.2) is 0 Å². The Kier molecular flexibility index (Phi) is 2.36. The molecule has 0 saturated heterocycles. The first-order chi connectivity index (χ1) is 6.22. The fourth-order valence-electron chi connectivity index (χ4n) is 1.38. The first kappa shape index (κ1) is 9.12. The Hall–Kier alpha value is -0.450. The van der Waals surface area contributed by atoms with Gasteiger partial charge in [0.2, 0.25) is 0 Å². The highest BCUT2D eigenvalue weighted by atomic mass is 32.1. The zero-order valence-corrected chi connectivity index (χ0v) is 8.47. The van der Waals surface area contributed by atoms with Crippen molar-refractivity contribution in [1.82, 2.24) is 4.98 Å². The lowest BCUT2D eigenvalue weighted by molar-refractivity contribution is 0.153. The minimum Gasteiger partial charge on any atom is -0.386 e. The van der Waals surface area contributed by atoms with E-state index in [0.29, 0.717) is 12.5 Å². The maximum absolute atomic E-state index is 9.80. The van der Waals surface area contributed by atoms with E-state index >= 15 is 0 Å². The van der Waals surface area contributed by atoms with E-state index in [0.717, 1.165) is 28.4 Å². The van der Waals surface area contributed by atoms with Crippen molar-refractivity contribution in [3.8, 4) is 0 Å². The molecule has 1 aliphatic rings. The van der Waals surface area contributed by atoms with E-state index in [2.05, 4.69) is 4.98 Å². The zero-order valence-electron chi connectivity index (χ0n) is 7.66. The number of rotatable bonds is 3. The summed E-state index contributed by atoms with van der Waals surface area (Å²) in [7, 11) is 0. The summed E-state index contributed by atoms with van der Waals surface area (Å²) in [6.07, 6.45) is 1.93. The van der Waals surface area contributed by atoms with Crippen LogP contribution in [-0.4, -0.2) is 10.1 Å². The topological polar surface area (TPSA) is 59.1 Å². The summed E-state index contributed by atoms with van der Waals surface area (Å²) < 4.78 is 0. The van der Waals surface area contributed by atoms with Gasteiger partial charge >= 0.3 is 0 Å². The SMILES string of the molecule is Cc1nc(C(O)C2CC2)sc1CN. The van der Waals surface area contributed by atoms with Crippen LogP contribution in [0.25, 0.3) is 0 Å². The maximum Gasteiger partial charge on any atom is 0.122 e. The number of aliphatic hydroxyl groups is 1. The molecule has 1 unspecified atom stereocenters. The Labute approximate surface area is 81.6 Å². The van der Waals surface area contributed by atoms with Gasteiger partial charge in [-0.3, -0.25) is 0 Å². The molecule has 0 radical (unpaired) electrons. The Morgan fingerprint density at radius 2 is 2.38 bits per heavy atom. The molecule has 0 aromatic carbocycles. The number of thiazole rings is 1. The van der Waals surface area contributed by atoms with Crippen molar-refractivity contribution in [3.05, 3.63) is 15.6 Å².